The van der Waals surface area contributed by atoms with Gasteiger partial charge in [-0.25, -0.2) is 0 Å². The molecule has 0 aromatic carbocycles. The van der Waals surface area contributed by atoms with Crippen molar-refractivity contribution >= 4 is 11.6 Å². The quantitative estimate of drug-likeness (QED) is 0.719. The van der Waals surface area contributed by atoms with Gasteiger partial charge < -0.3 is 10.6 Å². The van der Waals surface area contributed by atoms with Crippen LogP contribution in [0.5, 0.6) is 0 Å². The summed E-state index contributed by atoms with van der Waals surface area (Å²) in [4.78, 5) is 17.8. The molecule has 3 atom stereocenters. The molecular formula is C12H17N3O. The summed E-state index contributed by atoms with van der Waals surface area (Å²) in [5.74, 6) is 0.256. The highest BCUT2D eigenvalue weighted by atomic mass is 16.2. The van der Waals surface area contributed by atoms with Crippen LogP contribution in [0.25, 0.3) is 0 Å². The minimum atomic E-state index is -0.0956. The Balaban J connectivity index is 2.56. The second-order valence-electron chi connectivity index (χ2n) is 4.42. The fourth-order valence-electron chi connectivity index (χ4n) is 2.33. The normalized spacial score (nSPS) is 28.8. The Kier molecular flexibility index (Phi) is 2.68. The highest BCUT2D eigenvalue weighted by Crippen LogP contribution is 2.37. The van der Waals surface area contributed by atoms with Gasteiger partial charge in [0.25, 0.3) is 0 Å². The van der Waals surface area contributed by atoms with Gasteiger partial charge >= 0.3 is 0 Å². The molecule has 2 rings (SSSR count). The number of amides is 1. The van der Waals surface area contributed by atoms with Crippen molar-refractivity contribution in [3.8, 4) is 0 Å². The molecule has 1 aliphatic rings. The maximum atomic E-state index is 11.7. The van der Waals surface area contributed by atoms with Crippen molar-refractivity contribution in [3.05, 3.63) is 24.0 Å². The highest BCUT2D eigenvalue weighted by Gasteiger charge is 2.36. The molecule has 1 aromatic rings. The van der Waals surface area contributed by atoms with E-state index >= 15 is 0 Å². The van der Waals surface area contributed by atoms with Crippen LogP contribution in [0.3, 0.4) is 0 Å². The van der Waals surface area contributed by atoms with E-state index in [4.69, 9.17) is 5.73 Å². The maximum absolute atomic E-state index is 11.7. The summed E-state index contributed by atoms with van der Waals surface area (Å²) in [6.07, 6.45) is 1.72. The summed E-state index contributed by atoms with van der Waals surface area (Å²) in [6, 6.07) is 3.77. The molecule has 86 valence electrons. The Morgan fingerprint density at radius 2 is 2.19 bits per heavy atom. The molecule has 4 heteroatoms. The zero-order chi connectivity index (χ0) is 11.9. The van der Waals surface area contributed by atoms with Crippen LogP contribution in [0.1, 0.15) is 32.5 Å². The number of carbonyl (C=O) groups is 1. The Morgan fingerprint density at radius 1 is 1.50 bits per heavy atom. The molecule has 2 N–H and O–H groups in total. The van der Waals surface area contributed by atoms with Gasteiger partial charge in [0, 0.05) is 19.2 Å². The van der Waals surface area contributed by atoms with Crippen molar-refractivity contribution < 1.29 is 4.79 Å². The molecule has 0 aliphatic carbocycles. The molecule has 1 amide bonds. The Labute approximate surface area is 95.5 Å². The fourth-order valence-corrected chi connectivity index (χ4v) is 2.33. The molecule has 0 unspecified atom stereocenters. The second-order valence-corrected chi connectivity index (χ2v) is 4.42. The molecule has 0 saturated carbocycles. The monoisotopic (exact) mass is 219 g/mol. The third-order valence-corrected chi connectivity index (χ3v) is 3.47. The van der Waals surface area contributed by atoms with Crippen LogP contribution in [-0.4, -0.2) is 16.9 Å². The molecular weight excluding hydrogens is 202 g/mol. The Bertz CT molecular complexity index is 418. The summed E-state index contributed by atoms with van der Waals surface area (Å²) in [5, 5.41) is 0. The molecule has 2 heterocycles. The van der Waals surface area contributed by atoms with Crippen molar-refractivity contribution in [3.63, 3.8) is 0 Å². The topological polar surface area (TPSA) is 59.2 Å². The summed E-state index contributed by atoms with van der Waals surface area (Å²) in [5.41, 5.74) is 7.82. The number of nitrogens with two attached hydrogens (primary N) is 1. The standard InChI is InChI=1S/C12H17N3O/c1-7-8(2)15(9(3)16)10-5-4-6-14-12(10)11(7)13/h4-8,11H,13H2,1-3H3/t7-,8-,11+/m0/s1. The summed E-state index contributed by atoms with van der Waals surface area (Å²) < 4.78 is 0. The van der Waals surface area contributed by atoms with Crippen molar-refractivity contribution in [2.24, 2.45) is 11.7 Å². The molecule has 1 aliphatic heterocycles. The first-order chi connectivity index (χ1) is 7.54. The van der Waals surface area contributed by atoms with Gasteiger partial charge in [0.1, 0.15) is 0 Å². The van der Waals surface area contributed by atoms with E-state index in [-0.39, 0.29) is 23.9 Å². The Hall–Kier alpha value is -1.42. The Morgan fingerprint density at radius 3 is 2.81 bits per heavy atom. The molecule has 0 fully saturated rings. The lowest BCUT2D eigenvalue weighted by Crippen LogP contribution is -2.49. The maximum Gasteiger partial charge on any atom is 0.224 e. The number of aromatic nitrogens is 1. The molecule has 4 nitrogen and oxygen atoms in total. The van der Waals surface area contributed by atoms with E-state index in [1.54, 1.807) is 18.0 Å². The van der Waals surface area contributed by atoms with Crippen LogP contribution in [0.4, 0.5) is 5.69 Å². The lowest BCUT2D eigenvalue weighted by atomic mass is 9.86. The number of fused-ring (bicyclic) bond motifs is 1. The summed E-state index contributed by atoms with van der Waals surface area (Å²) >= 11 is 0. The molecule has 0 saturated heterocycles. The molecule has 1 aromatic heterocycles. The predicted octanol–water partition coefficient (Wildman–Crippen LogP) is 1.47. The van der Waals surface area contributed by atoms with Crippen LogP contribution < -0.4 is 10.6 Å². The smallest absolute Gasteiger partial charge is 0.224 e. The van der Waals surface area contributed by atoms with Gasteiger partial charge in [0.15, 0.2) is 0 Å². The van der Waals surface area contributed by atoms with Gasteiger partial charge in [0.05, 0.1) is 17.4 Å². The average molecular weight is 219 g/mol. The third-order valence-electron chi connectivity index (χ3n) is 3.47. The van der Waals surface area contributed by atoms with Gasteiger partial charge in [0.2, 0.25) is 5.91 Å². The van der Waals surface area contributed by atoms with E-state index in [1.165, 1.54) is 0 Å². The average Bonchev–Trinajstić information content (AvgIpc) is 2.26. The number of pyridine rings is 1. The third kappa shape index (κ3) is 1.50. The summed E-state index contributed by atoms with van der Waals surface area (Å²) in [7, 11) is 0. The first-order valence-electron chi connectivity index (χ1n) is 5.54. The largest absolute Gasteiger partial charge is 0.322 e. The van der Waals surface area contributed by atoms with Crippen molar-refractivity contribution in [2.45, 2.75) is 32.9 Å². The number of nitrogens with zero attached hydrogens (tertiary/aromatic N) is 2. The highest BCUT2D eigenvalue weighted by molar-refractivity contribution is 5.93. The predicted molar refractivity (Wildman–Crippen MR) is 63.0 cm³/mol. The zero-order valence-corrected chi connectivity index (χ0v) is 9.84. The number of rotatable bonds is 0. The fraction of sp³-hybridized carbons (Fsp3) is 0.500. The van der Waals surface area contributed by atoms with E-state index in [9.17, 15) is 4.79 Å². The first-order valence-corrected chi connectivity index (χ1v) is 5.54. The van der Waals surface area contributed by atoms with Crippen LogP contribution in [0.2, 0.25) is 0 Å². The van der Waals surface area contributed by atoms with Crippen LogP contribution in [0, 0.1) is 5.92 Å². The van der Waals surface area contributed by atoms with Gasteiger partial charge in [-0.1, -0.05) is 6.92 Å². The van der Waals surface area contributed by atoms with E-state index in [2.05, 4.69) is 11.9 Å². The minimum Gasteiger partial charge on any atom is -0.322 e. The van der Waals surface area contributed by atoms with E-state index < -0.39 is 0 Å². The minimum absolute atomic E-state index is 0.0421. The molecule has 16 heavy (non-hydrogen) atoms. The molecule has 0 spiro atoms. The van der Waals surface area contributed by atoms with E-state index in [0.29, 0.717) is 0 Å². The van der Waals surface area contributed by atoms with E-state index in [0.717, 1.165) is 11.4 Å². The first kappa shape index (κ1) is 11.1. The second kappa shape index (κ2) is 3.87. The molecule has 0 bridgehead atoms. The van der Waals surface area contributed by atoms with Gasteiger partial charge in [-0.15, -0.1) is 0 Å². The van der Waals surface area contributed by atoms with Gasteiger partial charge in [-0.3, -0.25) is 9.78 Å². The van der Waals surface area contributed by atoms with Crippen molar-refractivity contribution in [1.29, 1.82) is 0 Å². The van der Waals surface area contributed by atoms with Crippen LogP contribution in [0.15, 0.2) is 18.3 Å². The number of hydrogen-bond acceptors (Lipinski definition) is 3. The van der Waals surface area contributed by atoms with Crippen LogP contribution >= 0.6 is 0 Å². The SMILES string of the molecule is CC(=O)N1c2cccnc2[C@H](N)[C@@H](C)[C@@H]1C. The van der Waals surface area contributed by atoms with Gasteiger partial charge in [-0.2, -0.15) is 0 Å². The number of carbonyl (C=O) groups excluding carboxylic acids is 1. The zero-order valence-electron chi connectivity index (χ0n) is 9.84. The van der Waals surface area contributed by atoms with Gasteiger partial charge in [-0.05, 0) is 25.0 Å². The van der Waals surface area contributed by atoms with Crippen molar-refractivity contribution in [2.75, 3.05) is 4.90 Å². The van der Waals surface area contributed by atoms with E-state index in [1.807, 2.05) is 19.1 Å². The number of hydrogen-bond donors (Lipinski definition) is 1. The molecule has 0 radical (unpaired) electrons. The van der Waals surface area contributed by atoms with Crippen molar-refractivity contribution in [1.82, 2.24) is 4.98 Å². The van der Waals surface area contributed by atoms with Crippen LogP contribution in [-0.2, 0) is 4.79 Å². The summed E-state index contributed by atoms with van der Waals surface area (Å²) in [6.45, 7) is 5.67. The number of anilines is 1. The lowest BCUT2D eigenvalue weighted by Gasteiger charge is -2.41. The lowest BCUT2D eigenvalue weighted by molar-refractivity contribution is -0.117.